The van der Waals surface area contributed by atoms with E-state index in [4.69, 9.17) is 21.1 Å². The molecule has 1 amide bonds. The smallest absolute Gasteiger partial charge is 0.271 e. The van der Waals surface area contributed by atoms with Crippen LogP contribution in [0.15, 0.2) is 70.5 Å². The van der Waals surface area contributed by atoms with Gasteiger partial charge in [0.05, 0.1) is 13.3 Å². The third kappa shape index (κ3) is 5.79. The molecule has 0 atom stereocenters. The van der Waals surface area contributed by atoms with Crippen molar-refractivity contribution in [2.45, 2.75) is 6.61 Å². The fraction of sp³-hybridized carbons (Fsp3) is 0.0952. The van der Waals surface area contributed by atoms with E-state index in [2.05, 4.69) is 31.4 Å². The summed E-state index contributed by atoms with van der Waals surface area (Å²) in [4.78, 5) is 15.9. The van der Waals surface area contributed by atoms with Gasteiger partial charge in [-0.05, 0) is 57.9 Å². The highest BCUT2D eigenvalue weighted by molar-refractivity contribution is 9.10. The van der Waals surface area contributed by atoms with Crippen LogP contribution in [0.5, 0.6) is 11.5 Å². The Morgan fingerprint density at radius 1 is 1.17 bits per heavy atom. The summed E-state index contributed by atoms with van der Waals surface area (Å²) in [6.45, 7) is 0.370. The maximum Gasteiger partial charge on any atom is 0.271 e. The molecule has 0 saturated heterocycles. The molecular weight excluding hydrogens is 458 g/mol. The predicted octanol–water partition coefficient (Wildman–Crippen LogP) is 4.85. The number of hydrogen-bond donors (Lipinski definition) is 1. The number of ether oxygens (including phenoxy) is 2. The van der Waals surface area contributed by atoms with Gasteiger partial charge in [-0.15, -0.1) is 0 Å². The second-order valence-corrected chi connectivity index (χ2v) is 7.17. The van der Waals surface area contributed by atoms with Gasteiger partial charge in [0.15, 0.2) is 11.5 Å². The molecule has 0 bridgehead atoms. The molecule has 0 aliphatic rings. The van der Waals surface area contributed by atoms with Crippen LogP contribution in [0, 0.1) is 0 Å². The van der Waals surface area contributed by atoms with Crippen molar-refractivity contribution in [2.24, 2.45) is 5.10 Å². The molecule has 0 unspecified atom stereocenters. The lowest BCUT2D eigenvalue weighted by atomic mass is 10.2. The average molecular weight is 475 g/mol. The van der Waals surface area contributed by atoms with Crippen molar-refractivity contribution < 1.29 is 14.3 Å². The van der Waals surface area contributed by atoms with Gasteiger partial charge >= 0.3 is 0 Å². The van der Waals surface area contributed by atoms with E-state index in [1.165, 1.54) is 6.21 Å². The van der Waals surface area contributed by atoms with Crippen LogP contribution in [0.4, 0.5) is 0 Å². The molecule has 0 spiro atoms. The first-order chi connectivity index (χ1) is 14.1. The first-order valence-electron chi connectivity index (χ1n) is 8.55. The standard InChI is InChI=1S/C21H17BrClN3O3/c1-28-19-10-16(12-25-26-21(27)15-6-8-24-9-7-15)18(22)11-20(19)29-13-14-2-4-17(23)5-3-14/h2-12H,13H2,1H3,(H,26,27)/b25-12+. The molecule has 0 aliphatic carbocycles. The van der Waals surface area contributed by atoms with Crippen LogP contribution in [0.1, 0.15) is 21.5 Å². The Bertz CT molecular complexity index is 1010. The van der Waals surface area contributed by atoms with Gasteiger partial charge < -0.3 is 9.47 Å². The van der Waals surface area contributed by atoms with Crippen LogP contribution in [-0.4, -0.2) is 24.2 Å². The normalized spacial score (nSPS) is 10.7. The Hall–Kier alpha value is -2.90. The van der Waals surface area contributed by atoms with Crippen molar-refractivity contribution in [3.05, 3.63) is 87.1 Å². The Kier molecular flexibility index (Phi) is 7.21. The van der Waals surface area contributed by atoms with Crippen LogP contribution in [0.2, 0.25) is 5.02 Å². The minimum atomic E-state index is -0.324. The van der Waals surface area contributed by atoms with Gasteiger partial charge in [-0.25, -0.2) is 5.43 Å². The van der Waals surface area contributed by atoms with Gasteiger partial charge in [-0.2, -0.15) is 5.10 Å². The summed E-state index contributed by atoms with van der Waals surface area (Å²) >= 11 is 9.40. The number of hydrazone groups is 1. The molecule has 148 valence electrons. The highest BCUT2D eigenvalue weighted by atomic mass is 79.9. The van der Waals surface area contributed by atoms with Crippen molar-refractivity contribution in [1.29, 1.82) is 0 Å². The van der Waals surface area contributed by atoms with Crippen LogP contribution in [-0.2, 0) is 6.61 Å². The molecule has 1 heterocycles. The molecule has 6 nitrogen and oxygen atoms in total. The number of carbonyl (C=O) groups is 1. The highest BCUT2D eigenvalue weighted by Gasteiger charge is 2.10. The van der Waals surface area contributed by atoms with Gasteiger partial charge in [0, 0.05) is 33.0 Å². The fourth-order valence-electron chi connectivity index (χ4n) is 2.39. The lowest BCUT2D eigenvalue weighted by Gasteiger charge is -2.13. The molecule has 0 radical (unpaired) electrons. The number of amides is 1. The van der Waals surface area contributed by atoms with Crippen LogP contribution >= 0.6 is 27.5 Å². The number of halogens is 2. The predicted molar refractivity (Wildman–Crippen MR) is 116 cm³/mol. The van der Waals surface area contributed by atoms with Crippen molar-refractivity contribution in [3.8, 4) is 11.5 Å². The van der Waals surface area contributed by atoms with Crippen molar-refractivity contribution in [1.82, 2.24) is 10.4 Å². The highest BCUT2D eigenvalue weighted by Crippen LogP contribution is 2.33. The van der Waals surface area contributed by atoms with Gasteiger partial charge in [0.2, 0.25) is 0 Å². The molecule has 29 heavy (non-hydrogen) atoms. The summed E-state index contributed by atoms with van der Waals surface area (Å²) in [5.74, 6) is 0.797. The van der Waals surface area contributed by atoms with Crippen molar-refractivity contribution in [3.63, 3.8) is 0 Å². The molecule has 3 rings (SSSR count). The zero-order chi connectivity index (χ0) is 20.6. The number of hydrogen-bond acceptors (Lipinski definition) is 5. The third-order valence-electron chi connectivity index (χ3n) is 3.90. The quantitative estimate of drug-likeness (QED) is 0.392. The summed E-state index contributed by atoms with van der Waals surface area (Å²) < 4.78 is 12.0. The molecule has 3 aromatic rings. The second-order valence-electron chi connectivity index (χ2n) is 5.87. The van der Waals surface area contributed by atoms with E-state index in [1.807, 2.05) is 24.3 Å². The third-order valence-corrected chi connectivity index (χ3v) is 4.84. The summed E-state index contributed by atoms with van der Waals surface area (Å²) in [5, 5.41) is 4.68. The molecule has 0 aliphatic heterocycles. The second kappa shape index (κ2) is 10.0. The monoisotopic (exact) mass is 473 g/mol. The Balaban J connectivity index is 1.68. The number of nitrogens with one attached hydrogen (secondary N) is 1. The zero-order valence-electron chi connectivity index (χ0n) is 15.4. The van der Waals surface area contributed by atoms with Gasteiger partial charge in [-0.3, -0.25) is 9.78 Å². The number of benzene rings is 2. The maximum absolute atomic E-state index is 12.0. The fourth-order valence-corrected chi connectivity index (χ4v) is 2.94. The number of aromatic nitrogens is 1. The van der Waals surface area contributed by atoms with E-state index in [-0.39, 0.29) is 5.91 Å². The van der Waals surface area contributed by atoms with Gasteiger partial charge in [0.1, 0.15) is 6.61 Å². The first-order valence-corrected chi connectivity index (χ1v) is 9.72. The maximum atomic E-state index is 12.0. The lowest BCUT2D eigenvalue weighted by Crippen LogP contribution is -2.17. The van der Waals surface area contributed by atoms with Gasteiger partial charge in [0.25, 0.3) is 5.91 Å². The zero-order valence-corrected chi connectivity index (χ0v) is 17.8. The first kappa shape index (κ1) is 20.8. The number of nitrogens with zero attached hydrogens (tertiary/aromatic N) is 2. The summed E-state index contributed by atoms with van der Waals surface area (Å²) in [5.41, 5.74) is 4.65. The Labute approximate surface area is 181 Å². The van der Waals surface area contributed by atoms with E-state index in [0.29, 0.717) is 28.7 Å². The minimum absolute atomic E-state index is 0.324. The van der Waals surface area contributed by atoms with Crippen molar-refractivity contribution in [2.75, 3.05) is 7.11 Å². The molecule has 1 N–H and O–H groups in total. The minimum Gasteiger partial charge on any atom is -0.493 e. The molecule has 8 heteroatoms. The van der Waals surface area contributed by atoms with E-state index < -0.39 is 0 Å². The van der Waals surface area contributed by atoms with E-state index in [1.54, 1.807) is 43.8 Å². The molecule has 0 fully saturated rings. The van der Waals surface area contributed by atoms with Crippen LogP contribution < -0.4 is 14.9 Å². The lowest BCUT2D eigenvalue weighted by molar-refractivity contribution is 0.0955. The van der Waals surface area contributed by atoms with E-state index in [9.17, 15) is 4.79 Å². The summed E-state index contributed by atoms with van der Waals surface area (Å²) in [6, 6.07) is 14.2. The van der Waals surface area contributed by atoms with Gasteiger partial charge in [-0.1, -0.05) is 23.7 Å². The van der Waals surface area contributed by atoms with E-state index >= 15 is 0 Å². The molecule has 1 aromatic heterocycles. The Morgan fingerprint density at radius 3 is 2.59 bits per heavy atom. The molecule has 2 aromatic carbocycles. The summed E-state index contributed by atoms with van der Waals surface area (Å²) in [6.07, 6.45) is 4.61. The number of pyridine rings is 1. The SMILES string of the molecule is COc1cc(/C=N/NC(=O)c2ccncc2)c(Br)cc1OCc1ccc(Cl)cc1. The number of methoxy groups -OCH3 is 1. The Morgan fingerprint density at radius 2 is 1.90 bits per heavy atom. The molecule has 0 saturated carbocycles. The topological polar surface area (TPSA) is 72.8 Å². The van der Waals surface area contributed by atoms with Crippen LogP contribution in [0.3, 0.4) is 0 Å². The van der Waals surface area contributed by atoms with Crippen LogP contribution in [0.25, 0.3) is 0 Å². The number of rotatable bonds is 7. The number of carbonyl (C=O) groups excluding carboxylic acids is 1. The summed E-state index contributed by atoms with van der Waals surface area (Å²) in [7, 11) is 1.56. The molecular formula is C21H17BrClN3O3. The van der Waals surface area contributed by atoms with E-state index in [0.717, 1.165) is 15.6 Å². The average Bonchev–Trinajstić information content (AvgIpc) is 2.75. The van der Waals surface area contributed by atoms with Crippen molar-refractivity contribution >= 4 is 39.7 Å². The largest absolute Gasteiger partial charge is 0.493 e.